The number of benzene rings is 1. The fourth-order valence-corrected chi connectivity index (χ4v) is 5.94. The molecule has 206 valence electrons. The maximum Gasteiger partial charge on any atom is 0.246 e. The Morgan fingerprint density at radius 2 is 1.82 bits per heavy atom. The van der Waals surface area contributed by atoms with E-state index < -0.39 is 29.2 Å². The minimum absolute atomic E-state index is 0.130. The highest BCUT2D eigenvalue weighted by Gasteiger charge is 2.53. The van der Waals surface area contributed by atoms with E-state index in [-0.39, 0.29) is 17.7 Å². The second kappa shape index (κ2) is 10.7. The molecule has 2 heterocycles. The van der Waals surface area contributed by atoms with Gasteiger partial charge in [-0.3, -0.25) is 19.3 Å². The Bertz CT molecular complexity index is 1180. The van der Waals surface area contributed by atoms with Crippen molar-refractivity contribution in [2.75, 3.05) is 20.6 Å². The lowest BCUT2D eigenvalue weighted by molar-refractivity contribution is -0.145. The van der Waals surface area contributed by atoms with Gasteiger partial charge in [-0.15, -0.1) is 11.3 Å². The molecule has 2 fully saturated rings. The van der Waals surface area contributed by atoms with Crippen LogP contribution in [-0.2, 0) is 14.4 Å². The fraction of sp³-hybridized carbons (Fsp3) is 0.571. The van der Waals surface area contributed by atoms with Crippen LogP contribution < -0.4 is 16.4 Å². The van der Waals surface area contributed by atoms with Crippen LogP contribution in [-0.4, -0.2) is 70.8 Å². The van der Waals surface area contributed by atoms with Crippen LogP contribution in [0.15, 0.2) is 29.8 Å². The van der Waals surface area contributed by atoms with Gasteiger partial charge in [0.1, 0.15) is 18.2 Å². The van der Waals surface area contributed by atoms with Crippen LogP contribution in [0, 0.1) is 12.3 Å². The van der Waals surface area contributed by atoms with Gasteiger partial charge in [0, 0.05) is 6.54 Å². The second-order valence-electron chi connectivity index (χ2n) is 11.8. The number of nitrogens with one attached hydrogen (secondary N) is 2. The molecular weight excluding hydrogens is 500 g/mol. The van der Waals surface area contributed by atoms with Crippen LogP contribution in [0.2, 0.25) is 0 Å². The first-order chi connectivity index (χ1) is 17.8. The standard InChI is InChI=1S/C28H40N6O3S/c1-17-21(38-16-30-17)18-9-11-19(12-10-18)23(29)32-24(35)20-8-7-15-34(20)25(36)22(27(2,3)4)31-26(37)28(13-14-28)33(5)6/h9-12,16,20,22-23H,7-8,13-15,29H2,1-6H3,(H,31,37)(H,32,35)/t20?,22-,23?/m1/s1. The average molecular weight is 541 g/mol. The zero-order chi connectivity index (χ0) is 27.8. The minimum Gasteiger partial charge on any atom is -0.342 e. The number of thiazole rings is 1. The summed E-state index contributed by atoms with van der Waals surface area (Å²) in [4.78, 5) is 49.2. The van der Waals surface area contributed by atoms with E-state index in [0.29, 0.717) is 19.4 Å². The van der Waals surface area contributed by atoms with E-state index in [0.717, 1.165) is 34.5 Å². The zero-order valence-electron chi connectivity index (χ0n) is 23.2. The molecule has 3 atom stereocenters. The molecule has 0 radical (unpaired) electrons. The van der Waals surface area contributed by atoms with Crippen molar-refractivity contribution in [2.24, 2.45) is 11.1 Å². The number of likely N-dealkylation sites (tertiary alicyclic amines) is 1. The molecular formula is C28H40N6O3S. The average Bonchev–Trinajstić information content (AvgIpc) is 3.33. The van der Waals surface area contributed by atoms with Crippen LogP contribution in [0.3, 0.4) is 0 Å². The highest BCUT2D eigenvalue weighted by Crippen LogP contribution is 2.41. The summed E-state index contributed by atoms with van der Waals surface area (Å²) in [5, 5.41) is 5.93. The minimum atomic E-state index is -0.739. The van der Waals surface area contributed by atoms with Crippen molar-refractivity contribution in [3.05, 3.63) is 41.0 Å². The summed E-state index contributed by atoms with van der Waals surface area (Å²) in [6.45, 7) is 8.25. The summed E-state index contributed by atoms with van der Waals surface area (Å²) in [6.07, 6.45) is 2.11. The van der Waals surface area contributed by atoms with E-state index in [1.807, 2.05) is 76.5 Å². The molecule has 0 bridgehead atoms. The van der Waals surface area contributed by atoms with Gasteiger partial charge in [0.2, 0.25) is 17.7 Å². The van der Waals surface area contributed by atoms with Crippen molar-refractivity contribution in [2.45, 2.75) is 77.2 Å². The summed E-state index contributed by atoms with van der Waals surface area (Å²) in [5.74, 6) is -0.637. The highest BCUT2D eigenvalue weighted by atomic mass is 32.1. The number of carbonyl (C=O) groups excluding carboxylic acids is 3. The second-order valence-corrected chi connectivity index (χ2v) is 12.6. The summed E-state index contributed by atoms with van der Waals surface area (Å²) in [6, 6.07) is 6.39. The van der Waals surface area contributed by atoms with Gasteiger partial charge in [-0.25, -0.2) is 4.98 Å². The van der Waals surface area contributed by atoms with E-state index in [4.69, 9.17) is 5.73 Å². The van der Waals surface area contributed by atoms with Gasteiger partial charge in [0.25, 0.3) is 0 Å². The van der Waals surface area contributed by atoms with Gasteiger partial charge in [-0.05, 0) is 63.2 Å². The monoisotopic (exact) mass is 540 g/mol. The van der Waals surface area contributed by atoms with Gasteiger partial charge < -0.3 is 21.3 Å². The molecule has 1 aromatic carbocycles. The molecule has 9 nitrogen and oxygen atoms in total. The molecule has 1 aliphatic heterocycles. The van der Waals surface area contributed by atoms with E-state index in [9.17, 15) is 14.4 Å². The maximum atomic E-state index is 13.8. The molecule has 1 saturated carbocycles. The largest absolute Gasteiger partial charge is 0.342 e. The summed E-state index contributed by atoms with van der Waals surface area (Å²) in [5.41, 5.74) is 9.91. The van der Waals surface area contributed by atoms with Crippen molar-refractivity contribution in [1.29, 1.82) is 0 Å². The number of rotatable bonds is 8. The lowest BCUT2D eigenvalue weighted by Crippen LogP contribution is -2.60. The summed E-state index contributed by atoms with van der Waals surface area (Å²) < 4.78 is 0. The molecule has 4 N–H and O–H groups in total. The van der Waals surface area contributed by atoms with Gasteiger partial charge in [-0.2, -0.15) is 0 Å². The van der Waals surface area contributed by atoms with Crippen LogP contribution in [0.5, 0.6) is 0 Å². The molecule has 2 aliphatic rings. The molecule has 1 aliphatic carbocycles. The van der Waals surface area contributed by atoms with E-state index in [2.05, 4.69) is 15.6 Å². The van der Waals surface area contributed by atoms with Gasteiger partial charge in [-0.1, -0.05) is 45.0 Å². The number of nitrogens with two attached hydrogens (primary N) is 1. The lowest BCUT2D eigenvalue weighted by Gasteiger charge is -2.37. The third kappa shape index (κ3) is 5.62. The Hall–Kier alpha value is -2.82. The maximum absolute atomic E-state index is 13.8. The Morgan fingerprint density at radius 3 is 2.34 bits per heavy atom. The van der Waals surface area contributed by atoms with E-state index in [1.165, 1.54) is 0 Å². The molecule has 0 spiro atoms. The van der Waals surface area contributed by atoms with Gasteiger partial charge in [0.15, 0.2) is 0 Å². The highest BCUT2D eigenvalue weighted by molar-refractivity contribution is 7.13. The van der Waals surface area contributed by atoms with Crippen LogP contribution >= 0.6 is 11.3 Å². The SMILES string of the molecule is Cc1ncsc1-c1ccc(C(N)NC(=O)C2CCCN2C(=O)[C@@H](NC(=O)C2(N(C)C)CC2)C(C)(C)C)cc1. The normalized spacial score (nSPS) is 20.2. The molecule has 2 unspecified atom stereocenters. The van der Waals surface area contributed by atoms with Gasteiger partial charge in [0.05, 0.1) is 21.6 Å². The first kappa shape index (κ1) is 28.2. The van der Waals surface area contributed by atoms with Gasteiger partial charge >= 0.3 is 0 Å². The fourth-order valence-electron chi connectivity index (χ4n) is 5.13. The predicted molar refractivity (Wildman–Crippen MR) is 149 cm³/mol. The third-order valence-corrected chi connectivity index (χ3v) is 8.78. The molecule has 10 heteroatoms. The number of nitrogens with zero attached hydrogens (tertiary/aromatic N) is 3. The van der Waals surface area contributed by atoms with Crippen molar-refractivity contribution in [1.82, 2.24) is 25.4 Å². The van der Waals surface area contributed by atoms with Crippen molar-refractivity contribution in [3.63, 3.8) is 0 Å². The molecule has 1 saturated heterocycles. The van der Waals surface area contributed by atoms with Crippen LogP contribution in [0.4, 0.5) is 0 Å². The molecule has 4 rings (SSSR count). The quantitative estimate of drug-likeness (QED) is 0.443. The predicted octanol–water partition coefficient (Wildman–Crippen LogP) is 2.81. The van der Waals surface area contributed by atoms with E-state index >= 15 is 0 Å². The molecule has 1 aromatic heterocycles. The Kier molecular flexibility index (Phi) is 7.97. The van der Waals surface area contributed by atoms with Crippen LogP contribution in [0.25, 0.3) is 10.4 Å². The first-order valence-electron chi connectivity index (χ1n) is 13.2. The number of amides is 3. The lowest BCUT2D eigenvalue weighted by atomic mass is 9.85. The zero-order valence-corrected chi connectivity index (χ0v) is 24.0. The number of hydrogen-bond donors (Lipinski definition) is 3. The smallest absolute Gasteiger partial charge is 0.246 e. The summed E-state index contributed by atoms with van der Waals surface area (Å²) >= 11 is 1.58. The number of likely N-dealkylation sites (N-methyl/N-ethyl adjacent to an activating group) is 1. The molecule has 2 aromatic rings. The summed E-state index contributed by atoms with van der Waals surface area (Å²) in [7, 11) is 3.77. The number of hydrogen-bond acceptors (Lipinski definition) is 7. The Balaban J connectivity index is 1.43. The molecule has 38 heavy (non-hydrogen) atoms. The Labute approximate surface area is 229 Å². The van der Waals surface area contributed by atoms with Crippen LogP contribution in [0.1, 0.15) is 63.9 Å². The number of carbonyl (C=O) groups is 3. The van der Waals surface area contributed by atoms with Crippen molar-refractivity contribution in [3.8, 4) is 10.4 Å². The topological polar surface area (TPSA) is 121 Å². The third-order valence-electron chi connectivity index (χ3n) is 7.80. The van der Waals surface area contributed by atoms with E-state index in [1.54, 1.807) is 16.2 Å². The molecule has 3 amide bonds. The first-order valence-corrected chi connectivity index (χ1v) is 14.1. The van der Waals surface area contributed by atoms with Crippen molar-refractivity contribution >= 4 is 29.1 Å². The number of aromatic nitrogens is 1. The number of aryl methyl sites for hydroxylation is 1. The van der Waals surface area contributed by atoms with Crippen molar-refractivity contribution < 1.29 is 14.4 Å². The Morgan fingerprint density at radius 1 is 1.16 bits per heavy atom.